The van der Waals surface area contributed by atoms with Gasteiger partial charge in [-0.3, -0.25) is 4.68 Å². The van der Waals surface area contributed by atoms with Gasteiger partial charge in [0.15, 0.2) is 0 Å². The Hall–Kier alpha value is -1.65. The highest BCUT2D eigenvalue weighted by Crippen LogP contribution is 2.13. The molecule has 0 aliphatic carbocycles. The van der Waals surface area contributed by atoms with Crippen LogP contribution in [0, 0.1) is 27.7 Å². The molecule has 4 heteroatoms. The molecule has 2 N–H and O–H groups in total. The first-order valence-corrected chi connectivity index (χ1v) is 7.93. The van der Waals surface area contributed by atoms with Crippen LogP contribution in [0.1, 0.15) is 33.6 Å². The highest BCUT2D eigenvalue weighted by Gasteiger charge is 2.10. The first-order chi connectivity index (χ1) is 10.5. The van der Waals surface area contributed by atoms with Gasteiger partial charge in [-0.05, 0) is 51.8 Å². The molecule has 0 radical (unpaired) electrons. The standard InChI is InChI=1S/C18H27N3O/c1-13-5-6-17(14(2)11-13)7-8-19-12-18-15(3)20-21(9-10-22)16(18)4/h5-6,11,19,22H,7-10,12H2,1-4H3. The number of aliphatic hydroxyl groups excluding tert-OH is 1. The third-order valence-electron chi connectivity index (χ3n) is 4.21. The Morgan fingerprint density at radius 2 is 1.95 bits per heavy atom. The molecule has 4 nitrogen and oxygen atoms in total. The molecule has 1 aromatic heterocycles. The van der Waals surface area contributed by atoms with Gasteiger partial charge in [0.1, 0.15) is 0 Å². The van der Waals surface area contributed by atoms with Crippen molar-refractivity contribution in [3.8, 4) is 0 Å². The quantitative estimate of drug-likeness (QED) is 0.772. The average molecular weight is 301 g/mol. The molecule has 22 heavy (non-hydrogen) atoms. The number of aryl methyl sites for hydroxylation is 3. The Morgan fingerprint density at radius 3 is 2.64 bits per heavy atom. The lowest BCUT2D eigenvalue weighted by Crippen LogP contribution is -2.18. The van der Waals surface area contributed by atoms with Crippen molar-refractivity contribution < 1.29 is 5.11 Å². The molecule has 0 saturated heterocycles. The zero-order chi connectivity index (χ0) is 16.1. The van der Waals surface area contributed by atoms with Gasteiger partial charge in [0.05, 0.1) is 18.8 Å². The summed E-state index contributed by atoms with van der Waals surface area (Å²) in [6.07, 6.45) is 1.04. The van der Waals surface area contributed by atoms with E-state index < -0.39 is 0 Å². The minimum absolute atomic E-state index is 0.127. The summed E-state index contributed by atoms with van der Waals surface area (Å²) in [6, 6.07) is 6.64. The molecule has 1 heterocycles. The molecular weight excluding hydrogens is 274 g/mol. The van der Waals surface area contributed by atoms with E-state index in [0.29, 0.717) is 6.54 Å². The van der Waals surface area contributed by atoms with Crippen LogP contribution < -0.4 is 5.32 Å². The molecule has 0 amide bonds. The monoisotopic (exact) mass is 301 g/mol. The van der Waals surface area contributed by atoms with Crippen LogP contribution in [0.4, 0.5) is 0 Å². The van der Waals surface area contributed by atoms with Crippen molar-refractivity contribution >= 4 is 0 Å². The molecule has 0 bridgehead atoms. The molecule has 0 spiro atoms. The summed E-state index contributed by atoms with van der Waals surface area (Å²) < 4.78 is 1.89. The average Bonchev–Trinajstić information content (AvgIpc) is 2.73. The van der Waals surface area contributed by atoms with E-state index in [1.54, 1.807) is 0 Å². The van der Waals surface area contributed by atoms with E-state index in [1.165, 1.54) is 22.3 Å². The fourth-order valence-electron chi connectivity index (χ4n) is 2.87. The lowest BCUT2D eigenvalue weighted by atomic mass is 10.0. The zero-order valence-electron chi connectivity index (χ0n) is 14.1. The first kappa shape index (κ1) is 16.7. The summed E-state index contributed by atoms with van der Waals surface area (Å²) in [5, 5.41) is 17.0. The number of benzene rings is 1. The van der Waals surface area contributed by atoms with Crippen LogP contribution in [0.5, 0.6) is 0 Å². The Labute approximate surface area is 133 Å². The van der Waals surface area contributed by atoms with Gasteiger partial charge in [-0.15, -0.1) is 0 Å². The molecule has 0 aliphatic rings. The molecule has 0 saturated carbocycles. The summed E-state index contributed by atoms with van der Waals surface area (Å²) in [5.41, 5.74) is 7.52. The Bertz CT molecular complexity index is 632. The number of nitrogens with one attached hydrogen (secondary N) is 1. The largest absolute Gasteiger partial charge is 0.394 e. The molecule has 0 unspecified atom stereocenters. The third kappa shape index (κ3) is 3.96. The fraction of sp³-hybridized carbons (Fsp3) is 0.500. The molecular formula is C18H27N3O. The van der Waals surface area contributed by atoms with Crippen molar-refractivity contribution in [3.05, 3.63) is 51.8 Å². The number of nitrogens with zero attached hydrogens (tertiary/aromatic N) is 2. The zero-order valence-corrected chi connectivity index (χ0v) is 14.1. The summed E-state index contributed by atoms with van der Waals surface area (Å²) >= 11 is 0. The molecule has 2 rings (SSSR count). The maximum Gasteiger partial charge on any atom is 0.0644 e. The van der Waals surface area contributed by atoms with E-state index in [4.69, 9.17) is 5.11 Å². The molecule has 120 valence electrons. The lowest BCUT2D eigenvalue weighted by Gasteiger charge is -2.09. The van der Waals surface area contributed by atoms with E-state index in [1.807, 2.05) is 11.6 Å². The highest BCUT2D eigenvalue weighted by molar-refractivity contribution is 5.30. The first-order valence-electron chi connectivity index (χ1n) is 7.93. The van der Waals surface area contributed by atoms with E-state index in [9.17, 15) is 0 Å². The van der Waals surface area contributed by atoms with E-state index in [0.717, 1.165) is 30.9 Å². The number of hydrogen-bond donors (Lipinski definition) is 2. The second-order valence-electron chi connectivity index (χ2n) is 5.95. The van der Waals surface area contributed by atoms with Crippen molar-refractivity contribution in [2.75, 3.05) is 13.2 Å². The van der Waals surface area contributed by atoms with Crippen LogP contribution >= 0.6 is 0 Å². The Kier molecular flexibility index (Phi) is 5.75. The second-order valence-corrected chi connectivity index (χ2v) is 5.95. The minimum Gasteiger partial charge on any atom is -0.394 e. The van der Waals surface area contributed by atoms with Crippen molar-refractivity contribution in [2.45, 2.75) is 47.2 Å². The molecule has 0 fully saturated rings. The maximum absolute atomic E-state index is 9.05. The van der Waals surface area contributed by atoms with Gasteiger partial charge in [0.2, 0.25) is 0 Å². The van der Waals surface area contributed by atoms with Crippen LogP contribution in [0.15, 0.2) is 18.2 Å². The lowest BCUT2D eigenvalue weighted by molar-refractivity contribution is 0.267. The maximum atomic E-state index is 9.05. The van der Waals surface area contributed by atoms with Crippen LogP contribution in [0.25, 0.3) is 0 Å². The smallest absolute Gasteiger partial charge is 0.0644 e. The fourth-order valence-corrected chi connectivity index (χ4v) is 2.87. The van der Waals surface area contributed by atoms with Gasteiger partial charge in [-0.1, -0.05) is 23.8 Å². The number of aromatic nitrogens is 2. The third-order valence-corrected chi connectivity index (χ3v) is 4.21. The Balaban J connectivity index is 1.89. The van der Waals surface area contributed by atoms with Crippen molar-refractivity contribution in [1.82, 2.24) is 15.1 Å². The summed E-state index contributed by atoms with van der Waals surface area (Å²) in [7, 11) is 0. The summed E-state index contributed by atoms with van der Waals surface area (Å²) in [5.74, 6) is 0. The van der Waals surface area contributed by atoms with Gasteiger partial charge in [0, 0.05) is 17.8 Å². The Morgan fingerprint density at radius 1 is 1.18 bits per heavy atom. The van der Waals surface area contributed by atoms with Crippen LogP contribution in [-0.2, 0) is 19.5 Å². The minimum atomic E-state index is 0.127. The van der Waals surface area contributed by atoms with Crippen molar-refractivity contribution in [1.29, 1.82) is 0 Å². The number of hydrogen-bond acceptors (Lipinski definition) is 3. The molecule has 2 aromatic rings. The van der Waals surface area contributed by atoms with Gasteiger partial charge >= 0.3 is 0 Å². The van der Waals surface area contributed by atoms with Crippen LogP contribution in [-0.4, -0.2) is 28.0 Å². The number of aliphatic hydroxyl groups is 1. The molecule has 1 aromatic carbocycles. The van der Waals surface area contributed by atoms with E-state index in [2.05, 4.69) is 49.4 Å². The predicted octanol–water partition coefficient (Wildman–Crippen LogP) is 2.44. The van der Waals surface area contributed by atoms with Crippen LogP contribution in [0.3, 0.4) is 0 Å². The SMILES string of the molecule is Cc1ccc(CCNCc2c(C)nn(CCO)c2C)c(C)c1. The van der Waals surface area contributed by atoms with Crippen molar-refractivity contribution in [2.24, 2.45) is 0 Å². The van der Waals surface area contributed by atoms with Gasteiger partial charge in [-0.25, -0.2) is 0 Å². The van der Waals surface area contributed by atoms with Crippen LogP contribution in [0.2, 0.25) is 0 Å². The normalized spacial score (nSPS) is 11.1. The van der Waals surface area contributed by atoms with Gasteiger partial charge in [-0.2, -0.15) is 5.10 Å². The summed E-state index contributed by atoms with van der Waals surface area (Å²) in [4.78, 5) is 0. The summed E-state index contributed by atoms with van der Waals surface area (Å²) in [6.45, 7) is 10.9. The molecule has 0 aliphatic heterocycles. The van der Waals surface area contributed by atoms with E-state index >= 15 is 0 Å². The van der Waals surface area contributed by atoms with Gasteiger partial charge in [0.25, 0.3) is 0 Å². The topological polar surface area (TPSA) is 50.1 Å². The molecule has 0 atom stereocenters. The van der Waals surface area contributed by atoms with Crippen molar-refractivity contribution in [3.63, 3.8) is 0 Å². The van der Waals surface area contributed by atoms with E-state index in [-0.39, 0.29) is 6.61 Å². The number of rotatable bonds is 7. The predicted molar refractivity (Wildman–Crippen MR) is 90.1 cm³/mol. The highest BCUT2D eigenvalue weighted by atomic mass is 16.3. The second kappa shape index (κ2) is 7.56. The van der Waals surface area contributed by atoms with Gasteiger partial charge < -0.3 is 10.4 Å².